The largest absolute Gasteiger partial charge is 0.496 e. The van der Waals surface area contributed by atoms with Crippen LogP contribution in [0.25, 0.3) is 5.57 Å². The summed E-state index contributed by atoms with van der Waals surface area (Å²) in [5.74, 6) is 0.162. The van der Waals surface area contributed by atoms with Crippen LogP contribution < -0.4 is 4.74 Å². The number of ether oxygens (including phenoxy) is 3. The molecular formula is C22H22FNO4. The fourth-order valence-electron chi connectivity index (χ4n) is 3.85. The van der Waals surface area contributed by atoms with E-state index in [0.717, 1.165) is 11.1 Å². The molecule has 2 bridgehead atoms. The van der Waals surface area contributed by atoms with Gasteiger partial charge in [0, 0.05) is 0 Å². The van der Waals surface area contributed by atoms with Crippen LogP contribution in [0.1, 0.15) is 17.5 Å². The van der Waals surface area contributed by atoms with Crippen molar-refractivity contribution in [1.82, 2.24) is 4.90 Å². The number of hydrogen-bond donors (Lipinski definition) is 0. The van der Waals surface area contributed by atoms with Crippen LogP contribution >= 0.6 is 0 Å². The summed E-state index contributed by atoms with van der Waals surface area (Å²) in [4.78, 5) is 14.4. The smallest absolute Gasteiger partial charge is 0.411 e. The summed E-state index contributed by atoms with van der Waals surface area (Å²) in [5, 5.41) is 0. The number of fused-ring (bicyclic) bond motifs is 2. The number of hydrogen-bond acceptors (Lipinski definition) is 4. The van der Waals surface area contributed by atoms with Crippen LogP contribution in [-0.4, -0.2) is 43.4 Å². The molecule has 2 aromatic rings. The van der Waals surface area contributed by atoms with Gasteiger partial charge in [0.1, 0.15) is 18.2 Å². The lowest BCUT2D eigenvalue weighted by Crippen LogP contribution is -2.56. The molecule has 2 aliphatic heterocycles. The maximum atomic E-state index is 14.5. The Morgan fingerprint density at radius 2 is 2.00 bits per heavy atom. The topological polar surface area (TPSA) is 48.0 Å². The third kappa shape index (κ3) is 3.60. The molecule has 4 rings (SSSR count). The molecule has 2 heterocycles. The minimum atomic E-state index is -0.377. The highest BCUT2D eigenvalue weighted by Crippen LogP contribution is 2.38. The number of methoxy groups -OCH3 is 1. The zero-order chi connectivity index (χ0) is 19.5. The maximum absolute atomic E-state index is 14.5. The zero-order valence-electron chi connectivity index (χ0n) is 15.6. The minimum Gasteiger partial charge on any atom is -0.496 e. The number of rotatable bonds is 4. The first-order valence-electron chi connectivity index (χ1n) is 9.27. The van der Waals surface area contributed by atoms with E-state index in [-0.39, 0.29) is 30.6 Å². The molecular weight excluding hydrogens is 361 g/mol. The number of morpholine rings is 1. The SMILES string of the molecule is COc1cccc(F)c1C1=CC2COCC(C1)N2C(=O)OCc1ccccc1. The molecule has 28 heavy (non-hydrogen) atoms. The zero-order valence-corrected chi connectivity index (χ0v) is 15.6. The molecule has 0 aromatic heterocycles. The van der Waals surface area contributed by atoms with E-state index in [1.807, 2.05) is 36.4 Å². The quantitative estimate of drug-likeness (QED) is 0.800. The van der Waals surface area contributed by atoms with E-state index in [1.54, 1.807) is 17.0 Å². The predicted octanol–water partition coefficient (Wildman–Crippen LogP) is 4.03. The minimum absolute atomic E-state index is 0.202. The molecule has 0 aliphatic carbocycles. The highest BCUT2D eigenvalue weighted by atomic mass is 19.1. The van der Waals surface area contributed by atoms with Crippen molar-refractivity contribution >= 4 is 11.7 Å². The number of carbonyl (C=O) groups is 1. The number of nitrogens with zero attached hydrogens (tertiary/aromatic N) is 1. The van der Waals surface area contributed by atoms with E-state index in [1.165, 1.54) is 13.2 Å². The Balaban J connectivity index is 1.55. The summed E-state index contributed by atoms with van der Waals surface area (Å²) < 4.78 is 31.0. The van der Waals surface area contributed by atoms with Crippen molar-refractivity contribution in [3.8, 4) is 5.75 Å². The Kier molecular flexibility index (Phi) is 5.30. The Morgan fingerprint density at radius 1 is 1.18 bits per heavy atom. The van der Waals surface area contributed by atoms with Gasteiger partial charge in [-0.05, 0) is 29.7 Å². The average molecular weight is 383 g/mol. The van der Waals surface area contributed by atoms with Crippen molar-refractivity contribution in [2.24, 2.45) is 0 Å². The van der Waals surface area contributed by atoms with Gasteiger partial charge in [0.05, 0.1) is 38.0 Å². The van der Waals surface area contributed by atoms with Gasteiger partial charge >= 0.3 is 6.09 Å². The van der Waals surface area contributed by atoms with Crippen LogP contribution in [0, 0.1) is 5.82 Å². The van der Waals surface area contributed by atoms with Gasteiger partial charge in [-0.1, -0.05) is 42.5 Å². The molecule has 2 aliphatic rings. The lowest BCUT2D eigenvalue weighted by molar-refractivity contribution is -0.0342. The summed E-state index contributed by atoms with van der Waals surface area (Å²) in [7, 11) is 1.53. The van der Waals surface area contributed by atoms with Gasteiger partial charge in [-0.25, -0.2) is 9.18 Å². The van der Waals surface area contributed by atoms with Gasteiger partial charge in [-0.3, -0.25) is 4.90 Å². The second-order valence-electron chi connectivity index (χ2n) is 6.92. The molecule has 0 spiro atoms. The van der Waals surface area contributed by atoms with Gasteiger partial charge in [-0.15, -0.1) is 0 Å². The highest BCUT2D eigenvalue weighted by Gasteiger charge is 2.39. The molecule has 0 saturated carbocycles. The summed E-state index contributed by atoms with van der Waals surface area (Å²) in [6, 6.07) is 13.8. The standard InChI is InChI=1S/C22H22FNO4/c1-26-20-9-5-8-19(23)21(20)16-10-17-13-27-14-18(11-16)24(17)22(25)28-12-15-6-3-2-4-7-15/h2-10,17-18H,11-14H2,1H3. The first-order chi connectivity index (χ1) is 13.7. The molecule has 2 aromatic carbocycles. The van der Waals surface area contributed by atoms with Gasteiger partial charge in [-0.2, -0.15) is 0 Å². The van der Waals surface area contributed by atoms with Crippen LogP contribution in [0.15, 0.2) is 54.6 Å². The Bertz CT molecular complexity index is 883. The summed E-state index contributed by atoms with van der Waals surface area (Å²) >= 11 is 0. The summed E-state index contributed by atoms with van der Waals surface area (Å²) in [5.41, 5.74) is 2.22. The number of benzene rings is 2. The maximum Gasteiger partial charge on any atom is 0.411 e. The van der Waals surface area contributed by atoms with Crippen molar-refractivity contribution in [3.05, 3.63) is 71.6 Å². The summed E-state index contributed by atoms with van der Waals surface area (Å²) in [6.45, 7) is 0.969. The van der Waals surface area contributed by atoms with Crippen LogP contribution in [-0.2, 0) is 16.1 Å². The van der Waals surface area contributed by atoms with Crippen molar-refractivity contribution in [1.29, 1.82) is 0 Å². The third-order valence-electron chi connectivity index (χ3n) is 5.13. The van der Waals surface area contributed by atoms with E-state index >= 15 is 0 Å². The number of carbonyl (C=O) groups excluding carboxylic acids is 1. The van der Waals surface area contributed by atoms with Crippen molar-refractivity contribution in [2.75, 3.05) is 20.3 Å². The number of amides is 1. The van der Waals surface area contributed by atoms with Crippen LogP contribution in [0.5, 0.6) is 5.75 Å². The second kappa shape index (κ2) is 8.02. The molecule has 1 amide bonds. The van der Waals surface area contributed by atoms with Gasteiger partial charge in [0.25, 0.3) is 0 Å². The lowest BCUT2D eigenvalue weighted by atomic mass is 9.89. The Morgan fingerprint density at radius 3 is 2.75 bits per heavy atom. The van der Waals surface area contributed by atoms with Crippen LogP contribution in [0.4, 0.5) is 9.18 Å². The van der Waals surface area contributed by atoms with E-state index in [0.29, 0.717) is 30.9 Å². The Labute approximate surface area is 163 Å². The molecule has 6 heteroatoms. The van der Waals surface area contributed by atoms with Crippen molar-refractivity contribution in [2.45, 2.75) is 25.1 Å². The van der Waals surface area contributed by atoms with Gasteiger partial charge in [0.15, 0.2) is 0 Å². The van der Waals surface area contributed by atoms with E-state index in [9.17, 15) is 9.18 Å². The fourth-order valence-corrected chi connectivity index (χ4v) is 3.85. The van der Waals surface area contributed by atoms with E-state index in [2.05, 4.69) is 0 Å². The molecule has 1 fully saturated rings. The highest BCUT2D eigenvalue weighted by molar-refractivity contribution is 5.77. The average Bonchev–Trinajstić information content (AvgIpc) is 2.71. The van der Waals surface area contributed by atoms with Crippen LogP contribution in [0.3, 0.4) is 0 Å². The molecule has 1 saturated heterocycles. The molecule has 146 valence electrons. The molecule has 0 radical (unpaired) electrons. The molecule has 5 nitrogen and oxygen atoms in total. The normalized spacial score (nSPS) is 21.1. The second-order valence-corrected chi connectivity index (χ2v) is 6.92. The van der Waals surface area contributed by atoms with Gasteiger partial charge < -0.3 is 14.2 Å². The monoisotopic (exact) mass is 383 g/mol. The van der Waals surface area contributed by atoms with E-state index in [4.69, 9.17) is 14.2 Å². The van der Waals surface area contributed by atoms with Crippen molar-refractivity contribution in [3.63, 3.8) is 0 Å². The fraction of sp³-hybridized carbons (Fsp3) is 0.318. The first kappa shape index (κ1) is 18.5. The Hall–Kier alpha value is -2.86. The molecule has 0 N–H and O–H groups in total. The van der Waals surface area contributed by atoms with Crippen LogP contribution in [0.2, 0.25) is 0 Å². The first-order valence-corrected chi connectivity index (χ1v) is 9.27. The summed E-state index contributed by atoms with van der Waals surface area (Å²) in [6.07, 6.45) is 1.99. The molecule has 2 unspecified atom stereocenters. The molecule has 2 atom stereocenters. The number of halogens is 1. The van der Waals surface area contributed by atoms with Crippen molar-refractivity contribution < 1.29 is 23.4 Å². The lowest BCUT2D eigenvalue weighted by Gasteiger charge is -2.43. The van der Waals surface area contributed by atoms with E-state index < -0.39 is 0 Å². The van der Waals surface area contributed by atoms with Gasteiger partial charge in [0.2, 0.25) is 0 Å². The predicted molar refractivity (Wildman–Crippen MR) is 102 cm³/mol. The third-order valence-corrected chi connectivity index (χ3v) is 5.13.